The Kier molecular flexibility index (Phi) is 4.45. The Morgan fingerprint density at radius 3 is 2.68 bits per heavy atom. The van der Waals surface area contributed by atoms with E-state index in [0.717, 1.165) is 12.2 Å². The largest absolute Gasteiger partial charge is 0.495 e. The first-order valence-electron chi connectivity index (χ1n) is 9.18. The summed E-state index contributed by atoms with van der Waals surface area (Å²) in [5.41, 5.74) is 1.04. The fraction of sp³-hybridized carbons (Fsp3) is 0.421. The molecule has 0 bridgehead atoms. The molecule has 1 aliphatic heterocycles. The zero-order chi connectivity index (χ0) is 20.2. The quantitative estimate of drug-likeness (QED) is 0.671. The first-order chi connectivity index (χ1) is 13.4. The molecule has 3 heterocycles. The van der Waals surface area contributed by atoms with Crippen LogP contribution in [0.15, 0.2) is 27.8 Å². The van der Waals surface area contributed by atoms with Gasteiger partial charge < -0.3 is 14.2 Å². The molecule has 2 aromatic heterocycles. The van der Waals surface area contributed by atoms with Gasteiger partial charge in [-0.2, -0.15) is 4.98 Å². The summed E-state index contributed by atoms with van der Waals surface area (Å²) in [5.74, 6) is 1.50. The lowest BCUT2D eigenvalue weighted by molar-refractivity contribution is 0.415. The van der Waals surface area contributed by atoms with Crippen molar-refractivity contribution in [1.82, 2.24) is 18.7 Å². The van der Waals surface area contributed by atoms with Crippen molar-refractivity contribution < 1.29 is 4.74 Å². The Labute approximate surface area is 166 Å². The number of methoxy groups -OCH3 is 1. The van der Waals surface area contributed by atoms with E-state index in [-0.39, 0.29) is 17.2 Å². The summed E-state index contributed by atoms with van der Waals surface area (Å²) in [5, 5.41) is 0.502. The number of aryl methyl sites for hydroxylation is 1. The molecule has 28 heavy (non-hydrogen) atoms. The number of fused-ring (bicyclic) bond motifs is 3. The van der Waals surface area contributed by atoms with Crippen molar-refractivity contribution in [3.63, 3.8) is 0 Å². The van der Waals surface area contributed by atoms with Gasteiger partial charge in [0.05, 0.1) is 12.1 Å². The Bertz CT molecular complexity index is 1190. The number of benzene rings is 1. The van der Waals surface area contributed by atoms with Crippen LogP contribution in [0.25, 0.3) is 11.2 Å². The topological polar surface area (TPSA) is 74.3 Å². The lowest BCUT2D eigenvalue weighted by Crippen LogP contribution is -2.40. The molecule has 0 unspecified atom stereocenters. The molecule has 4 rings (SSSR count). The third-order valence-corrected chi connectivity index (χ3v) is 5.50. The average molecular weight is 404 g/mol. The molecule has 0 amide bonds. The van der Waals surface area contributed by atoms with Gasteiger partial charge in [-0.1, -0.05) is 18.5 Å². The highest BCUT2D eigenvalue weighted by Gasteiger charge is 2.30. The zero-order valence-corrected chi connectivity index (χ0v) is 17.0. The molecule has 1 aromatic carbocycles. The minimum Gasteiger partial charge on any atom is -0.495 e. The Balaban J connectivity index is 1.99. The number of rotatable bonds is 3. The maximum atomic E-state index is 13.0. The van der Waals surface area contributed by atoms with E-state index in [2.05, 4.69) is 11.9 Å². The number of hydrogen-bond acceptors (Lipinski definition) is 5. The highest BCUT2D eigenvalue weighted by molar-refractivity contribution is 6.32. The predicted molar refractivity (Wildman–Crippen MR) is 109 cm³/mol. The molecule has 8 nitrogen and oxygen atoms in total. The lowest BCUT2D eigenvalue weighted by Gasteiger charge is -2.33. The van der Waals surface area contributed by atoms with Crippen molar-refractivity contribution in [3.8, 4) is 5.75 Å². The van der Waals surface area contributed by atoms with Gasteiger partial charge in [0, 0.05) is 32.4 Å². The van der Waals surface area contributed by atoms with Crippen molar-refractivity contribution in [1.29, 1.82) is 0 Å². The molecule has 1 aliphatic rings. The summed E-state index contributed by atoms with van der Waals surface area (Å²) in [7, 11) is 3.22. The molecule has 0 N–H and O–H groups in total. The van der Waals surface area contributed by atoms with E-state index in [1.807, 2.05) is 27.7 Å². The molecule has 148 valence electrons. The summed E-state index contributed by atoms with van der Waals surface area (Å²) in [6, 6.07) is 5.55. The van der Waals surface area contributed by atoms with Crippen LogP contribution in [-0.2, 0) is 20.1 Å². The number of nitrogens with zero attached hydrogens (tertiary/aromatic N) is 5. The number of halogens is 1. The van der Waals surface area contributed by atoms with Crippen LogP contribution >= 0.6 is 11.6 Å². The molecule has 0 radical (unpaired) electrons. The fourth-order valence-electron chi connectivity index (χ4n) is 3.82. The Hall–Kier alpha value is -2.74. The van der Waals surface area contributed by atoms with Gasteiger partial charge in [0.25, 0.3) is 5.56 Å². The van der Waals surface area contributed by atoms with Crippen molar-refractivity contribution >= 4 is 34.4 Å². The monoisotopic (exact) mass is 403 g/mol. The number of ether oxygens (including phenoxy) is 1. The van der Waals surface area contributed by atoms with Crippen LogP contribution in [-0.4, -0.2) is 32.3 Å². The first kappa shape index (κ1) is 18.6. The summed E-state index contributed by atoms with van der Waals surface area (Å²) < 4.78 is 9.84. The van der Waals surface area contributed by atoms with Gasteiger partial charge in [0.1, 0.15) is 5.75 Å². The number of anilines is 2. The minimum atomic E-state index is -0.359. The van der Waals surface area contributed by atoms with Crippen LogP contribution in [0.1, 0.15) is 13.8 Å². The van der Waals surface area contributed by atoms with Gasteiger partial charge in [0.2, 0.25) is 5.95 Å². The normalized spacial score (nSPS) is 16.5. The molecule has 0 spiro atoms. The molecule has 3 aromatic rings. The summed E-state index contributed by atoms with van der Waals surface area (Å²) in [6.45, 7) is 5.60. The molecular weight excluding hydrogens is 382 g/mol. The van der Waals surface area contributed by atoms with Gasteiger partial charge in [-0.05, 0) is 31.0 Å². The molecule has 1 atom stereocenters. The van der Waals surface area contributed by atoms with Gasteiger partial charge >= 0.3 is 5.69 Å². The first-order valence-corrected chi connectivity index (χ1v) is 9.56. The highest BCUT2D eigenvalue weighted by Crippen LogP contribution is 2.36. The number of aromatic nitrogens is 4. The lowest BCUT2D eigenvalue weighted by atomic mass is 10.1. The second kappa shape index (κ2) is 6.70. The van der Waals surface area contributed by atoms with Crippen LogP contribution < -0.4 is 20.9 Å². The van der Waals surface area contributed by atoms with Crippen LogP contribution in [0.2, 0.25) is 5.02 Å². The summed E-state index contributed by atoms with van der Waals surface area (Å²) in [4.78, 5) is 32.2. The van der Waals surface area contributed by atoms with Crippen LogP contribution in [0.5, 0.6) is 5.75 Å². The van der Waals surface area contributed by atoms with Crippen LogP contribution in [0.4, 0.5) is 11.6 Å². The van der Waals surface area contributed by atoms with Crippen LogP contribution in [0.3, 0.4) is 0 Å². The predicted octanol–water partition coefficient (Wildman–Crippen LogP) is 2.37. The SMILES string of the molecule is CCn1c(=O)c2c(nc3n2C[C@@H](C)CN3c2ccc(OC)c(Cl)c2)n(C)c1=O. The van der Waals surface area contributed by atoms with E-state index >= 15 is 0 Å². The maximum absolute atomic E-state index is 13.0. The van der Waals surface area contributed by atoms with Crippen molar-refractivity contribution in [2.75, 3.05) is 18.6 Å². The zero-order valence-electron chi connectivity index (χ0n) is 16.3. The molecular formula is C19H22ClN5O3. The number of imidazole rings is 1. The molecule has 0 saturated carbocycles. The molecule has 0 aliphatic carbocycles. The maximum Gasteiger partial charge on any atom is 0.332 e. The van der Waals surface area contributed by atoms with Gasteiger partial charge in [-0.25, -0.2) is 4.79 Å². The van der Waals surface area contributed by atoms with E-state index in [4.69, 9.17) is 16.3 Å². The Morgan fingerprint density at radius 2 is 2.04 bits per heavy atom. The van der Waals surface area contributed by atoms with Crippen molar-refractivity contribution in [2.24, 2.45) is 13.0 Å². The second-order valence-electron chi connectivity index (χ2n) is 7.12. The summed E-state index contributed by atoms with van der Waals surface area (Å²) >= 11 is 6.32. The molecule has 0 saturated heterocycles. The van der Waals surface area contributed by atoms with Gasteiger partial charge in [0.15, 0.2) is 11.2 Å². The van der Waals surface area contributed by atoms with E-state index < -0.39 is 0 Å². The smallest absolute Gasteiger partial charge is 0.332 e. The highest BCUT2D eigenvalue weighted by atomic mass is 35.5. The fourth-order valence-corrected chi connectivity index (χ4v) is 4.08. The van der Waals surface area contributed by atoms with Gasteiger partial charge in [-0.15, -0.1) is 0 Å². The third-order valence-electron chi connectivity index (χ3n) is 5.21. The minimum absolute atomic E-state index is 0.275. The summed E-state index contributed by atoms with van der Waals surface area (Å²) in [6.07, 6.45) is 0. The van der Waals surface area contributed by atoms with Crippen molar-refractivity contribution in [2.45, 2.75) is 26.9 Å². The van der Waals surface area contributed by atoms with Crippen LogP contribution in [0, 0.1) is 5.92 Å². The third kappa shape index (κ3) is 2.63. The average Bonchev–Trinajstić information content (AvgIpc) is 3.05. The molecule has 9 heteroatoms. The van der Waals surface area contributed by atoms with Crippen molar-refractivity contribution in [3.05, 3.63) is 44.1 Å². The second-order valence-corrected chi connectivity index (χ2v) is 7.53. The van der Waals surface area contributed by atoms with E-state index in [9.17, 15) is 9.59 Å². The van der Waals surface area contributed by atoms with E-state index in [1.54, 1.807) is 21.1 Å². The molecule has 0 fully saturated rings. The number of hydrogen-bond donors (Lipinski definition) is 0. The van der Waals surface area contributed by atoms with E-state index in [1.165, 1.54) is 9.13 Å². The van der Waals surface area contributed by atoms with E-state index in [0.29, 0.717) is 41.0 Å². The van der Waals surface area contributed by atoms with Gasteiger partial charge in [-0.3, -0.25) is 13.9 Å². The standard InChI is InChI=1S/C19H22ClN5O3/c1-5-23-17(26)15-16(22(3)19(23)27)21-18-24(9-11(2)10-25(15)18)12-6-7-14(28-4)13(20)8-12/h6-8,11H,5,9-10H2,1-4H3/t11-/m0/s1. The Morgan fingerprint density at radius 1 is 1.29 bits per heavy atom.